The fourth-order valence-corrected chi connectivity index (χ4v) is 2.29. The Morgan fingerprint density at radius 1 is 1.24 bits per heavy atom. The molecule has 114 valence electrons. The summed E-state index contributed by atoms with van der Waals surface area (Å²) in [6.07, 6.45) is 4.65. The van der Waals surface area contributed by atoms with E-state index in [0.717, 1.165) is 12.0 Å². The van der Waals surface area contributed by atoms with Crippen LogP contribution in [0.15, 0.2) is 24.5 Å². The molecular weight excluding hydrogens is 279 g/mol. The van der Waals surface area contributed by atoms with Gasteiger partial charge in [0.2, 0.25) is 0 Å². The molecule has 3 nitrogen and oxygen atoms in total. The van der Waals surface area contributed by atoms with E-state index in [1.165, 1.54) is 0 Å². The second-order valence-corrected chi connectivity index (χ2v) is 5.02. The number of hydrogen-bond donors (Lipinski definition) is 1. The highest BCUT2D eigenvalue weighted by molar-refractivity contribution is 5.26. The van der Waals surface area contributed by atoms with Crippen LogP contribution in [0.4, 0.5) is 13.2 Å². The van der Waals surface area contributed by atoms with Crippen LogP contribution in [0.3, 0.4) is 0 Å². The van der Waals surface area contributed by atoms with Crippen LogP contribution >= 0.6 is 0 Å². The van der Waals surface area contributed by atoms with Gasteiger partial charge in [-0.25, -0.2) is 13.2 Å². The molecule has 0 aliphatic heterocycles. The standard InChI is InChI=1S/C15H18F3N3/c1-3-4-19-14(5-10-8-20-21(2)9-10)15-12(17)6-11(16)7-13(15)18/h6-9,14,19H,3-5H2,1-2H3. The Hall–Kier alpha value is -1.82. The molecule has 1 unspecified atom stereocenters. The van der Waals surface area contributed by atoms with Crippen molar-refractivity contribution >= 4 is 0 Å². The third kappa shape index (κ3) is 3.85. The summed E-state index contributed by atoms with van der Waals surface area (Å²) >= 11 is 0. The third-order valence-electron chi connectivity index (χ3n) is 3.23. The van der Waals surface area contributed by atoms with Crippen LogP contribution in [0, 0.1) is 17.5 Å². The topological polar surface area (TPSA) is 29.9 Å². The zero-order valence-corrected chi connectivity index (χ0v) is 12.0. The fourth-order valence-electron chi connectivity index (χ4n) is 2.29. The van der Waals surface area contributed by atoms with Gasteiger partial charge in [0, 0.05) is 37.0 Å². The summed E-state index contributed by atoms with van der Waals surface area (Å²) in [6, 6.07) is 0.861. The first-order chi connectivity index (χ1) is 10.0. The highest BCUT2D eigenvalue weighted by atomic mass is 19.1. The van der Waals surface area contributed by atoms with Gasteiger partial charge in [-0.1, -0.05) is 6.92 Å². The molecule has 2 rings (SSSR count). The minimum absolute atomic E-state index is 0.131. The first-order valence-electron chi connectivity index (χ1n) is 6.86. The van der Waals surface area contributed by atoms with Gasteiger partial charge < -0.3 is 5.32 Å². The minimum Gasteiger partial charge on any atom is -0.309 e. The lowest BCUT2D eigenvalue weighted by Gasteiger charge is -2.19. The van der Waals surface area contributed by atoms with Crippen molar-refractivity contribution in [2.24, 2.45) is 7.05 Å². The SMILES string of the molecule is CCCNC(Cc1cnn(C)c1)c1c(F)cc(F)cc1F. The Morgan fingerprint density at radius 2 is 1.90 bits per heavy atom. The van der Waals surface area contributed by atoms with Gasteiger partial charge in [0.1, 0.15) is 17.5 Å². The monoisotopic (exact) mass is 297 g/mol. The first-order valence-corrected chi connectivity index (χ1v) is 6.86. The van der Waals surface area contributed by atoms with Crippen molar-refractivity contribution in [3.8, 4) is 0 Å². The average molecular weight is 297 g/mol. The highest BCUT2D eigenvalue weighted by Crippen LogP contribution is 2.25. The summed E-state index contributed by atoms with van der Waals surface area (Å²) in [5.41, 5.74) is 0.725. The van der Waals surface area contributed by atoms with Crippen LogP contribution < -0.4 is 5.32 Å². The lowest BCUT2D eigenvalue weighted by molar-refractivity contribution is 0.455. The van der Waals surface area contributed by atoms with Crippen LogP contribution in [-0.4, -0.2) is 16.3 Å². The van der Waals surface area contributed by atoms with E-state index in [2.05, 4.69) is 10.4 Å². The smallest absolute Gasteiger partial charge is 0.133 e. The van der Waals surface area contributed by atoms with Crippen LogP contribution in [0.5, 0.6) is 0 Å². The Bertz CT molecular complexity index is 587. The molecule has 0 bridgehead atoms. The van der Waals surface area contributed by atoms with E-state index in [-0.39, 0.29) is 5.56 Å². The molecule has 0 fully saturated rings. The van der Waals surface area contributed by atoms with Crippen molar-refractivity contribution in [1.29, 1.82) is 0 Å². The molecule has 6 heteroatoms. The quantitative estimate of drug-likeness (QED) is 0.888. The highest BCUT2D eigenvalue weighted by Gasteiger charge is 2.21. The summed E-state index contributed by atoms with van der Waals surface area (Å²) in [7, 11) is 1.77. The molecule has 1 heterocycles. The molecule has 0 amide bonds. The lowest BCUT2D eigenvalue weighted by atomic mass is 9.99. The maximum absolute atomic E-state index is 14.0. The number of rotatable bonds is 6. The van der Waals surface area contributed by atoms with E-state index in [4.69, 9.17) is 0 Å². The second-order valence-electron chi connectivity index (χ2n) is 5.02. The Kier molecular flexibility index (Phi) is 5.01. The van der Waals surface area contributed by atoms with Crippen LogP contribution in [0.1, 0.15) is 30.5 Å². The van der Waals surface area contributed by atoms with Gasteiger partial charge in [0.15, 0.2) is 0 Å². The number of nitrogens with zero attached hydrogens (tertiary/aromatic N) is 2. The number of benzene rings is 1. The van der Waals surface area contributed by atoms with E-state index in [0.29, 0.717) is 25.1 Å². The molecule has 2 aromatic rings. The molecule has 0 saturated heterocycles. The van der Waals surface area contributed by atoms with Crippen molar-refractivity contribution in [1.82, 2.24) is 15.1 Å². The molecule has 0 spiro atoms. The van der Waals surface area contributed by atoms with Gasteiger partial charge in [0.05, 0.1) is 6.20 Å². The van der Waals surface area contributed by atoms with Crippen molar-refractivity contribution < 1.29 is 13.2 Å². The predicted octanol–water partition coefficient (Wildman–Crippen LogP) is 3.12. The van der Waals surface area contributed by atoms with Crippen LogP contribution in [0.2, 0.25) is 0 Å². The van der Waals surface area contributed by atoms with E-state index in [1.807, 2.05) is 6.92 Å². The normalized spacial score (nSPS) is 12.6. The zero-order valence-electron chi connectivity index (χ0n) is 12.0. The number of nitrogens with one attached hydrogen (secondary N) is 1. The predicted molar refractivity (Wildman–Crippen MR) is 74.3 cm³/mol. The summed E-state index contributed by atoms with van der Waals surface area (Å²) in [4.78, 5) is 0. The Morgan fingerprint density at radius 3 is 2.43 bits per heavy atom. The van der Waals surface area contributed by atoms with Gasteiger partial charge >= 0.3 is 0 Å². The summed E-state index contributed by atoms with van der Waals surface area (Å²) < 4.78 is 42.6. The second kappa shape index (κ2) is 6.76. The maximum Gasteiger partial charge on any atom is 0.133 e. The molecule has 1 aromatic heterocycles. The number of aromatic nitrogens is 2. The van der Waals surface area contributed by atoms with E-state index in [9.17, 15) is 13.2 Å². The van der Waals surface area contributed by atoms with Crippen LogP contribution in [-0.2, 0) is 13.5 Å². The molecule has 0 aliphatic rings. The largest absolute Gasteiger partial charge is 0.309 e. The van der Waals surface area contributed by atoms with E-state index >= 15 is 0 Å². The molecular formula is C15H18F3N3. The van der Waals surface area contributed by atoms with Crippen molar-refractivity contribution in [2.75, 3.05) is 6.54 Å². The van der Waals surface area contributed by atoms with Crippen LogP contribution in [0.25, 0.3) is 0 Å². The summed E-state index contributed by atoms with van der Waals surface area (Å²) in [5, 5.41) is 7.15. The Balaban J connectivity index is 2.31. The van der Waals surface area contributed by atoms with Crippen molar-refractivity contribution in [3.05, 3.63) is 53.1 Å². The molecule has 1 aromatic carbocycles. The lowest BCUT2D eigenvalue weighted by Crippen LogP contribution is -2.26. The molecule has 0 saturated carbocycles. The number of hydrogen-bond acceptors (Lipinski definition) is 2. The van der Waals surface area contributed by atoms with Gasteiger partial charge in [0.25, 0.3) is 0 Å². The van der Waals surface area contributed by atoms with E-state index in [1.54, 1.807) is 24.1 Å². The first kappa shape index (κ1) is 15.6. The van der Waals surface area contributed by atoms with Gasteiger partial charge in [-0.2, -0.15) is 5.10 Å². The molecule has 0 radical (unpaired) electrons. The maximum atomic E-state index is 14.0. The summed E-state index contributed by atoms with van der Waals surface area (Å²) in [5.74, 6) is -2.65. The van der Waals surface area contributed by atoms with Crippen molar-refractivity contribution in [3.63, 3.8) is 0 Å². The van der Waals surface area contributed by atoms with Gasteiger partial charge in [-0.05, 0) is 24.9 Å². The fraction of sp³-hybridized carbons (Fsp3) is 0.400. The molecule has 21 heavy (non-hydrogen) atoms. The minimum atomic E-state index is -0.913. The summed E-state index contributed by atoms with van der Waals surface area (Å²) in [6.45, 7) is 2.58. The van der Waals surface area contributed by atoms with Gasteiger partial charge in [-0.15, -0.1) is 0 Å². The number of halogens is 3. The number of aryl methyl sites for hydroxylation is 1. The molecule has 1 atom stereocenters. The third-order valence-corrected chi connectivity index (χ3v) is 3.23. The van der Waals surface area contributed by atoms with Gasteiger partial charge in [-0.3, -0.25) is 4.68 Å². The Labute approximate surface area is 121 Å². The van der Waals surface area contributed by atoms with Crippen molar-refractivity contribution in [2.45, 2.75) is 25.8 Å². The average Bonchev–Trinajstić information content (AvgIpc) is 2.80. The zero-order chi connectivity index (χ0) is 15.4. The molecule has 0 aliphatic carbocycles. The molecule has 1 N–H and O–H groups in total. The van der Waals surface area contributed by atoms with E-state index < -0.39 is 23.5 Å².